The standard InChI is InChI=1S/C18H34N2O4/c1-5-23-13-7-9-16(21)19-11-10-15-8-6-12-20(14-15)17(22)24-18(2,3)4/h15H,5-14H2,1-4H3,(H,19,21)/t15-/m0/s1. The molecule has 1 aliphatic heterocycles. The van der Waals surface area contributed by atoms with Gasteiger partial charge in [0, 0.05) is 39.3 Å². The van der Waals surface area contributed by atoms with Gasteiger partial charge in [-0.1, -0.05) is 0 Å². The average Bonchev–Trinajstić information content (AvgIpc) is 2.50. The summed E-state index contributed by atoms with van der Waals surface area (Å²) in [5.41, 5.74) is -0.459. The average molecular weight is 342 g/mol. The quantitative estimate of drug-likeness (QED) is 0.689. The van der Waals surface area contributed by atoms with E-state index in [2.05, 4.69) is 5.32 Å². The highest BCUT2D eigenvalue weighted by molar-refractivity contribution is 5.75. The van der Waals surface area contributed by atoms with Crippen molar-refractivity contribution in [3.63, 3.8) is 0 Å². The van der Waals surface area contributed by atoms with E-state index in [1.165, 1.54) is 0 Å². The molecular formula is C18H34N2O4. The highest BCUT2D eigenvalue weighted by Crippen LogP contribution is 2.21. The smallest absolute Gasteiger partial charge is 0.410 e. The summed E-state index contributed by atoms with van der Waals surface area (Å²) in [4.78, 5) is 25.7. The first kappa shape index (κ1) is 20.7. The monoisotopic (exact) mass is 342 g/mol. The third kappa shape index (κ3) is 9.11. The number of nitrogens with one attached hydrogen (secondary N) is 1. The van der Waals surface area contributed by atoms with Crippen LogP contribution in [0.15, 0.2) is 0 Å². The van der Waals surface area contributed by atoms with Crippen LogP contribution < -0.4 is 5.32 Å². The summed E-state index contributed by atoms with van der Waals surface area (Å²) in [6.07, 6.45) is 4.03. The Morgan fingerprint density at radius 3 is 2.71 bits per heavy atom. The van der Waals surface area contributed by atoms with Gasteiger partial charge in [0.05, 0.1) is 0 Å². The van der Waals surface area contributed by atoms with Crippen molar-refractivity contribution in [3.8, 4) is 0 Å². The van der Waals surface area contributed by atoms with Gasteiger partial charge in [0.25, 0.3) is 0 Å². The van der Waals surface area contributed by atoms with Gasteiger partial charge in [-0.15, -0.1) is 0 Å². The fourth-order valence-electron chi connectivity index (χ4n) is 2.78. The lowest BCUT2D eigenvalue weighted by Crippen LogP contribution is -2.43. The Morgan fingerprint density at radius 1 is 1.29 bits per heavy atom. The van der Waals surface area contributed by atoms with Gasteiger partial charge in [-0.25, -0.2) is 4.79 Å². The van der Waals surface area contributed by atoms with Crippen LogP contribution in [0.2, 0.25) is 0 Å². The van der Waals surface area contributed by atoms with Crippen molar-refractivity contribution >= 4 is 12.0 Å². The number of ether oxygens (including phenoxy) is 2. The molecule has 0 bridgehead atoms. The van der Waals surface area contributed by atoms with Crippen molar-refractivity contribution in [1.29, 1.82) is 0 Å². The number of hydrogen-bond donors (Lipinski definition) is 1. The van der Waals surface area contributed by atoms with Crippen LogP contribution in [0, 0.1) is 5.92 Å². The van der Waals surface area contributed by atoms with E-state index in [4.69, 9.17) is 9.47 Å². The predicted molar refractivity (Wildman–Crippen MR) is 93.9 cm³/mol. The lowest BCUT2D eigenvalue weighted by Gasteiger charge is -2.34. The van der Waals surface area contributed by atoms with Crippen molar-refractivity contribution in [2.75, 3.05) is 32.8 Å². The van der Waals surface area contributed by atoms with Crippen LogP contribution in [-0.4, -0.2) is 55.3 Å². The van der Waals surface area contributed by atoms with Crippen LogP contribution in [0.4, 0.5) is 4.79 Å². The van der Waals surface area contributed by atoms with Crippen molar-refractivity contribution < 1.29 is 19.1 Å². The number of likely N-dealkylation sites (tertiary alicyclic amines) is 1. The minimum atomic E-state index is -0.459. The number of amides is 2. The van der Waals surface area contributed by atoms with Gasteiger partial charge in [0.15, 0.2) is 0 Å². The maximum Gasteiger partial charge on any atom is 0.410 e. The Bertz CT molecular complexity index is 393. The molecule has 2 amide bonds. The van der Waals surface area contributed by atoms with Crippen molar-refractivity contribution in [2.45, 2.75) is 65.4 Å². The number of carbonyl (C=O) groups excluding carboxylic acids is 2. The van der Waals surface area contributed by atoms with E-state index in [-0.39, 0.29) is 12.0 Å². The van der Waals surface area contributed by atoms with Crippen LogP contribution in [0.25, 0.3) is 0 Å². The molecule has 1 aliphatic rings. The maximum atomic E-state index is 12.1. The Hall–Kier alpha value is -1.30. The number of piperidine rings is 1. The zero-order chi connectivity index (χ0) is 18.0. The molecule has 1 rings (SSSR count). The Balaban J connectivity index is 2.21. The molecule has 1 atom stereocenters. The normalized spacial score (nSPS) is 18.3. The molecule has 0 aromatic heterocycles. The highest BCUT2D eigenvalue weighted by Gasteiger charge is 2.27. The summed E-state index contributed by atoms with van der Waals surface area (Å²) < 4.78 is 10.7. The van der Waals surface area contributed by atoms with Crippen molar-refractivity contribution in [3.05, 3.63) is 0 Å². The fraction of sp³-hybridized carbons (Fsp3) is 0.889. The molecule has 0 aromatic rings. The van der Waals surface area contributed by atoms with E-state index in [1.807, 2.05) is 27.7 Å². The molecule has 1 saturated heterocycles. The second-order valence-electron chi connectivity index (χ2n) is 7.37. The summed E-state index contributed by atoms with van der Waals surface area (Å²) in [6.45, 7) is 11.1. The summed E-state index contributed by atoms with van der Waals surface area (Å²) in [5.74, 6) is 0.504. The van der Waals surface area contributed by atoms with Gasteiger partial charge in [0.2, 0.25) is 5.91 Å². The number of nitrogens with zero attached hydrogens (tertiary/aromatic N) is 1. The van der Waals surface area contributed by atoms with Crippen LogP contribution in [0.3, 0.4) is 0 Å². The van der Waals surface area contributed by atoms with E-state index in [9.17, 15) is 9.59 Å². The lowest BCUT2D eigenvalue weighted by molar-refractivity contribution is -0.121. The van der Waals surface area contributed by atoms with E-state index in [0.717, 1.165) is 38.8 Å². The largest absolute Gasteiger partial charge is 0.444 e. The van der Waals surface area contributed by atoms with Gasteiger partial charge in [-0.3, -0.25) is 4.79 Å². The van der Waals surface area contributed by atoms with Crippen LogP contribution in [0.1, 0.15) is 59.8 Å². The summed E-state index contributed by atoms with van der Waals surface area (Å²) in [6, 6.07) is 0. The molecule has 0 aliphatic carbocycles. The molecule has 1 fully saturated rings. The molecule has 1 N–H and O–H groups in total. The minimum Gasteiger partial charge on any atom is -0.444 e. The molecule has 1 heterocycles. The van der Waals surface area contributed by atoms with Crippen LogP contribution in [0.5, 0.6) is 0 Å². The zero-order valence-corrected chi connectivity index (χ0v) is 15.7. The Labute approximate surface area is 146 Å². The number of carbonyl (C=O) groups is 2. The van der Waals surface area contributed by atoms with Gasteiger partial charge in [0.1, 0.15) is 5.60 Å². The third-order valence-electron chi connectivity index (χ3n) is 3.94. The molecular weight excluding hydrogens is 308 g/mol. The van der Waals surface area contributed by atoms with Gasteiger partial charge in [-0.05, 0) is 59.3 Å². The van der Waals surface area contributed by atoms with Gasteiger partial charge >= 0.3 is 6.09 Å². The zero-order valence-electron chi connectivity index (χ0n) is 15.7. The molecule has 0 radical (unpaired) electrons. The molecule has 6 heteroatoms. The number of rotatable bonds is 8. The minimum absolute atomic E-state index is 0.0783. The SMILES string of the molecule is CCOCCCC(=O)NCC[C@@H]1CCCN(C(=O)OC(C)(C)C)C1. The molecule has 0 unspecified atom stereocenters. The molecule has 0 aromatic carbocycles. The van der Waals surface area contributed by atoms with E-state index in [0.29, 0.717) is 32.1 Å². The second kappa shape index (κ2) is 10.5. The van der Waals surface area contributed by atoms with E-state index >= 15 is 0 Å². The van der Waals surface area contributed by atoms with Gasteiger partial charge in [-0.2, -0.15) is 0 Å². The second-order valence-corrected chi connectivity index (χ2v) is 7.37. The fourth-order valence-corrected chi connectivity index (χ4v) is 2.78. The van der Waals surface area contributed by atoms with E-state index in [1.54, 1.807) is 4.90 Å². The Kier molecular flexibility index (Phi) is 9.11. The maximum absolute atomic E-state index is 12.1. The highest BCUT2D eigenvalue weighted by atomic mass is 16.6. The van der Waals surface area contributed by atoms with Crippen molar-refractivity contribution in [1.82, 2.24) is 10.2 Å². The molecule has 24 heavy (non-hydrogen) atoms. The number of hydrogen-bond acceptors (Lipinski definition) is 4. The molecule has 140 valence electrons. The molecule has 0 saturated carbocycles. The summed E-state index contributed by atoms with van der Waals surface area (Å²) in [7, 11) is 0. The lowest BCUT2D eigenvalue weighted by atomic mass is 9.95. The van der Waals surface area contributed by atoms with Crippen LogP contribution in [-0.2, 0) is 14.3 Å². The predicted octanol–water partition coefficient (Wildman–Crippen LogP) is 2.96. The topological polar surface area (TPSA) is 67.9 Å². The van der Waals surface area contributed by atoms with Gasteiger partial charge < -0.3 is 19.7 Å². The first-order valence-corrected chi connectivity index (χ1v) is 9.14. The first-order chi connectivity index (χ1) is 11.3. The molecule has 0 spiro atoms. The van der Waals surface area contributed by atoms with Crippen LogP contribution >= 0.6 is 0 Å². The van der Waals surface area contributed by atoms with Crippen molar-refractivity contribution in [2.24, 2.45) is 5.92 Å². The first-order valence-electron chi connectivity index (χ1n) is 9.14. The molecule has 6 nitrogen and oxygen atoms in total. The summed E-state index contributed by atoms with van der Waals surface area (Å²) in [5, 5.41) is 2.96. The Morgan fingerprint density at radius 2 is 2.04 bits per heavy atom. The summed E-state index contributed by atoms with van der Waals surface area (Å²) >= 11 is 0. The van der Waals surface area contributed by atoms with E-state index < -0.39 is 5.60 Å². The third-order valence-corrected chi connectivity index (χ3v) is 3.94.